The summed E-state index contributed by atoms with van der Waals surface area (Å²) in [5.41, 5.74) is 1.39. The summed E-state index contributed by atoms with van der Waals surface area (Å²) in [6.07, 6.45) is 9.91. The minimum absolute atomic E-state index is 0.602. The average molecular weight is 259 g/mol. The highest BCUT2D eigenvalue weighted by molar-refractivity contribution is 5.38. The zero-order chi connectivity index (χ0) is 13.1. The monoisotopic (exact) mass is 259 g/mol. The Bertz CT molecular complexity index is 397. The van der Waals surface area contributed by atoms with E-state index in [0.717, 1.165) is 5.82 Å². The number of hydrogen-bond donors (Lipinski definition) is 1. The lowest BCUT2D eigenvalue weighted by Gasteiger charge is -2.27. The minimum atomic E-state index is 0.602. The molecule has 1 saturated heterocycles. The van der Waals surface area contributed by atoms with Crippen LogP contribution < -0.4 is 5.32 Å². The Morgan fingerprint density at radius 1 is 1.26 bits per heavy atom. The zero-order valence-electron chi connectivity index (χ0n) is 11.9. The first kappa shape index (κ1) is 12.9. The van der Waals surface area contributed by atoms with Gasteiger partial charge in [-0.25, -0.2) is 4.98 Å². The van der Waals surface area contributed by atoms with Crippen LogP contribution in [0.25, 0.3) is 0 Å². The van der Waals surface area contributed by atoms with E-state index in [1.165, 1.54) is 57.2 Å². The summed E-state index contributed by atoms with van der Waals surface area (Å²) in [5, 5.41) is 3.51. The molecule has 3 heteroatoms. The number of aromatic nitrogens is 1. The van der Waals surface area contributed by atoms with E-state index in [9.17, 15) is 0 Å². The Kier molecular flexibility index (Phi) is 4.02. The van der Waals surface area contributed by atoms with Gasteiger partial charge in [0.25, 0.3) is 0 Å². The van der Waals surface area contributed by atoms with Crippen molar-refractivity contribution in [3.05, 3.63) is 23.9 Å². The number of nitrogens with zero attached hydrogens (tertiary/aromatic N) is 2. The van der Waals surface area contributed by atoms with Crippen molar-refractivity contribution >= 4 is 5.82 Å². The highest BCUT2D eigenvalue weighted by Crippen LogP contribution is 2.32. The molecule has 3 nitrogen and oxygen atoms in total. The molecule has 1 atom stereocenters. The molecule has 104 valence electrons. The van der Waals surface area contributed by atoms with Gasteiger partial charge >= 0.3 is 0 Å². The van der Waals surface area contributed by atoms with Gasteiger partial charge in [0.2, 0.25) is 0 Å². The molecule has 3 rings (SSSR count). The van der Waals surface area contributed by atoms with E-state index >= 15 is 0 Å². The van der Waals surface area contributed by atoms with Crippen LogP contribution in [0.3, 0.4) is 0 Å². The summed E-state index contributed by atoms with van der Waals surface area (Å²) in [6.45, 7) is 4.73. The molecule has 1 saturated carbocycles. The van der Waals surface area contributed by atoms with Crippen LogP contribution in [0.4, 0.5) is 5.82 Å². The molecular weight excluding hydrogens is 234 g/mol. The van der Waals surface area contributed by atoms with Gasteiger partial charge in [-0.05, 0) is 63.2 Å². The molecule has 0 aromatic carbocycles. The summed E-state index contributed by atoms with van der Waals surface area (Å²) in [6, 6.07) is 5.70. The van der Waals surface area contributed by atoms with Gasteiger partial charge in [0.05, 0.1) is 0 Å². The molecule has 0 unspecified atom stereocenters. The van der Waals surface area contributed by atoms with E-state index in [0.29, 0.717) is 12.1 Å². The van der Waals surface area contributed by atoms with Crippen LogP contribution in [0, 0.1) is 0 Å². The summed E-state index contributed by atoms with van der Waals surface area (Å²) >= 11 is 0. The van der Waals surface area contributed by atoms with Gasteiger partial charge in [-0.1, -0.05) is 13.0 Å². The molecule has 1 N–H and O–H groups in total. The van der Waals surface area contributed by atoms with Gasteiger partial charge in [-0.15, -0.1) is 0 Å². The molecule has 1 aliphatic carbocycles. The summed E-state index contributed by atoms with van der Waals surface area (Å²) in [5.74, 6) is 1.05. The van der Waals surface area contributed by atoms with Crippen molar-refractivity contribution < 1.29 is 0 Å². The van der Waals surface area contributed by atoms with Crippen molar-refractivity contribution in [2.45, 2.75) is 57.5 Å². The molecule has 0 radical (unpaired) electrons. The quantitative estimate of drug-likeness (QED) is 0.876. The molecule has 2 heterocycles. The maximum absolute atomic E-state index is 4.60. The lowest BCUT2D eigenvalue weighted by Crippen LogP contribution is -2.27. The maximum Gasteiger partial charge on any atom is 0.126 e. The molecular formula is C16H25N3. The van der Waals surface area contributed by atoms with E-state index in [1.54, 1.807) is 0 Å². The summed E-state index contributed by atoms with van der Waals surface area (Å²) in [4.78, 5) is 7.21. The lowest BCUT2D eigenvalue weighted by molar-refractivity contribution is 0.257. The number of pyridine rings is 1. The van der Waals surface area contributed by atoms with Crippen LogP contribution in [-0.2, 0) is 0 Å². The molecule has 0 amide bonds. The second-order valence-corrected chi connectivity index (χ2v) is 5.94. The number of anilines is 1. The standard InChI is InChI=1S/C16H25N3/c1-2-10-19-11-4-7-15(19)13-8-9-16(17-12-13)18-14-5-3-6-14/h8-9,12,14-15H,2-7,10-11H2,1H3,(H,17,18)/t15-/m0/s1. The normalized spacial score (nSPS) is 24.4. The smallest absolute Gasteiger partial charge is 0.126 e. The molecule has 1 aromatic rings. The van der Waals surface area contributed by atoms with Gasteiger partial charge in [0.1, 0.15) is 5.82 Å². The van der Waals surface area contributed by atoms with Gasteiger partial charge in [-0.3, -0.25) is 4.90 Å². The third-order valence-corrected chi connectivity index (χ3v) is 4.50. The third-order valence-electron chi connectivity index (χ3n) is 4.50. The van der Waals surface area contributed by atoms with Crippen LogP contribution >= 0.6 is 0 Å². The maximum atomic E-state index is 4.60. The second kappa shape index (κ2) is 5.91. The lowest BCUT2D eigenvalue weighted by atomic mass is 9.93. The predicted molar refractivity (Wildman–Crippen MR) is 79.3 cm³/mol. The topological polar surface area (TPSA) is 28.2 Å². The molecule has 1 aromatic heterocycles. The van der Waals surface area contributed by atoms with Crippen LogP contribution in [-0.4, -0.2) is 29.0 Å². The largest absolute Gasteiger partial charge is 0.367 e. The zero-order valence-corrected chi connectivity index (χ0v) is 11.9. The second-order valence-electron chi connectivity index (χ2n) is 5.94. The van der Waals surface area contributed by atoms with E-state index in [-0.39, 0.29) is 0 Å². The first-order valence-corrected chi connectivity index (χ1v) is 7.83. The fourth-order valence-electron chi connectivity index (χ4n) is 3.21. The van der Waals surface area contributed by atoms with Crippen molar-refractivity contribution in [2.75, 3.05) is 18.4 Å². The Hall–Kier alpha value is -1.09. The van der Waals surface area contributed by atoms with E-state index < -0.39 is 0 Å². The Morgan fingerprint density at radius 3 is 2.79 bits per heavy atom. The molecule has 2 aliphatic rings. The number of rotatable bonds is 5. The first-order chi connectivity index (χ1) is 9.36. The van der Waals surface area contributed by atoms with Gasteiger partial charge in [-0.2, -0.15) is 0 Å². The van der Waals surface area contributed by atoms with Crippen LogP contribution in [0.1, 0.15) is 57.1 Å². The minimum Gasteiger partial charge on any atom is -0.367 e. The van der Waals surface area contributed by atoms with Crippen molar-refractivity contribution in [3.63, 3.8) is 0 Å². The number of hydrogen-bond acceptors (Lipinski definition) is 3. The Morgan fingerprint density at radius 2 is 2.16 bits per heavy atom. The highest BCUT2D eigenvalue weighted by atomic mass is 15.2. The van der Waals surface area contributed by atoms with Gasteiger partial charge in [0, 0.05) is 18.3 Å². The fourth-order valence-corrected chi connectivity index (χ4v) is 3.21. The van der Waals surface area contributed by atoms with Crippen molar-refractivity contribution in [1.82, 2.24) is 9.88 Å². The van der Waals surface area contributed by atoms with Crippen molar-refractivity contribution in [1.29, 1.82) is 0 Å². The van der Waals surface area contributed by atoms with Crippen molar-refractivity contribution in [2.24, 2.45) is 0 Å². The first-order valence-electron chi connectivity index (χ1n) is 7.83. The fraction of sp³-hybridized carbons (Fsp3) is 0.688. The van der Waals surface area contributed by atoms with Crippen LogP contribution in [0.15, 0.2) is 18.3 Å². The highest BCUT2D eigenvalue weighted by Gasteiger charge is 2.25. The van der Waals surface area contributed by atoms with E-state index in [4.69, 9.17) is 0 Å². The Labute approximate surface area is 116 Å². The third kappa shape index (κ3) is 2.92. The molecule has 19 heavy (non-hydrogen) atoms. The summed E-state index contributed by atoms with van der Waals surface area (Å²) < 4.78 is 0. The predicted octanol–water partition coefficient (Wildman–Crippen LogP) is 3.59. The molecule has 0 bridgehead atoms. The van der Waals surface area contributed by atoms with Gasteiger partial charge < -0.3 is 5.32 Å². The van der Waals surface area contributed by atoms with Gasteiger partial charge in [0.15, 0.2) is 0 Å². The average Bonchev–Trinajstić information content (AvgIpc) is 2.83. The van der Waals surface area contributed by atoms with Crippen LogP contribution in [0.2, 0.25) is 0 Å². The summed E-state index contributed by atoms with van der Waals surface area (Å²) in [7, 11) is 0. The van der Waals surface area contributed by atoms with Crippen molar-refractivity contribution in [3.8, 4) is 0 Å². The SMILES string of the molecule is CCCN1CCC[C@H]1c1ccc(NC2CCC2)nc1. The molecule has 1 aliphatic heterocycles. The molecule has 2 fully saturated rings. The van der Waals surface area contributed by atoms with E-state index in [2.05, 4.69) is 40.5 Å². The molecule has 0 spiro atoms. The van der Waals surface area contributed by atoms with E-state index in [1.807, 2.05) is 0 Å². The number of nitrogens with one attached hydrogen (secondary N) is 1. The number of likely N-dealkylation sites (tertiary alicyclic amines) is 1. The Balaban J connectivity index is 1.64. The van der Waals surface area contributed by atoms with Crippen LogP contribution in [0.5, 0.6) is 0 Å².